The second kappa shape index (κ2) is 9.27. The van der Waals surface area contributed by atoms with E-state index in [1.165, 1.54) is 0 Å². The van der Waals surface area contributed by atoms with Crippen LogP contribution in [0.5, 0.6) is 11.5 Å². The van der Waals surface area contributed by atoms with E-state index in [0.717, 1.165) is 39.6 Å². The van der Waals surface area contributed by atoms with Gasteiger partial charge < -0.3 is 19.3 Å². The average Bonchev–Trinajstić information content (AvgIpc) is 3.07. The van der Waals surface area contributed by atoms with Crippen LogP contribution >= 0.6 is 12.4 Å². The van der Waals surface area contributed by atoms with Crippen LogP contribution < -0.4 is 14.8 Å². The van der Waals surface area contributed by atoms with Crippen molar-refractivity contribution >= 4 is 12.4 Å². The molecule has 26 heavy (non-hydrogen) atoms. The van der Waals surface area contributed by atoms with Gasteiger partial charge in [0.2, 0.25) is 0 Å². The zero-order valence-corrected chi connectivity index (χ0v) is 15.9. The fraction of sp³-hybridized carbons (Fsp3) is 0.250. The highest BCUT2D eigenvalue weighted by molar-refractivity contribution is 5.85. The summed E-state index contributed by atoms with van der Waals surface area (Å²) in [5.74, 6) is 2.25. The smallest absolute Gasteiger partial charge is 0.161 e. The third-order valence-electron chi connectivity index (χ3n) is 3.99. The second-order valence-electron chi connectivity index (χ2n) is 5.76. The summed E-state index contributed by atoms with van der Waals surface area (Å²) in [5.41, 5.74) is 4.27. The molecule has 0 radical (unpaired) electrons. The summed E-state index contributed by atoms with van der Waals surface area (Å²) in [7, 11) is 3.30. The maximum atomic E-state index is 5.46. The molecule has 0 amide bonds. The van der Waals surface area contributed by atoms with Crippen LogP contribution in [0, 0.1) is 6.92 Å². The lowest BCUT2D eigenvalue weighted by Gasteiger charge is -2.15. The van der Waals surface area contributed by atoms with E-state index in [9.17, 15) is 0 Å². The molecule has 5 nitrogen and oxygen atoms in total. The molecule has 0 fully saturated rings. The zero-order valence-electron chi connectivity index (χ0n) is 15.1. The first-order valence-electron chi connectivity index (χ1n) is 8.14. The lowest BCUT2D eigenvalue weighted by atomic mass is 9.98. The standard InChI is InChI=1S/C20H22N2O3.ClH/c1-14-9-17(22-25-14)13-21-12-16-10-19(23-2)20(24-3)11-18(16)15-7-5-4-6-8-15;/h4-11,21H,12-13H2,1-3H3;1H. The highest BCUT2D eigenvalue weighted by Gasteiger charge is 2.13. The van der Waals surface area contributed by atoms with E-state index in [0.29, 0.717) is 13.1 Å². The SMILES string of the molecule is COc1cc(CNCc2cc(C)on2)c(-c2ccccc2)cc1OC.Cl. The van der Waals surface area contributed by atoms with E-state index < -0.39 is 0 Å². The first-order chi connectivity index (χ1) is 12.2. The van der Waals surface area contributed by atoms with Gasteiger partial charge in [0.1, 0.15) is 5.76 Å². The number of benzene rings is 2. The number of methoxy groups -OCH3 is 2. The quantitative estimate of drug-likeness (QED) is 0.665. The van der Waals surface area contributed by atoms with Crippen LogP contribution in [0.25, 0.3) is 11.1 Å². The Morgan fingerprint density at radius 3 is 2.27 bits per heavy atom. The van der Waals surface area contributed by atoms with Gasteiger partial charge in [-0.25, -0.2) is 0 Å². The maximum Gasteiger partial charge on any atom is 0.161 e. The van der Waals surface area contributed by atoms with Crippen LogP contribution in [-0.2, 0) is 13.1 Å². The van der Waals surface area contributed by atoms with Gasteiger partial charge in [0.05, 0.1) is 19.9 Å². The molecule has 0 atom stereocenters. The summed E-state index contributed by atoms with van der Waals surface area (Å²) in [5, 5.41) is 7.42. The summed E-state index contributed by atoms with van der Waals surface area (Å²) in [6, 6.07) is 16.2. The van der Waals surface area contributed by atoms with Crippen LogP contribution in [0.4, 0.5) is 0 Å². The number of aryl methyl sites for hydroxylation is 1. The molecular weight excluding hydrogens is 352 g/mol. The first kappa shape index (κ1) is 19.8. The van der Waals surface area contributed by atoms with Crippen molar-refractivity contribution in [1.82, 2.24) is 10.5 Å². The summed E-state index contributed by atoms with van der Waals surface area (Å²) in [6.07, 6.45) is 0. The summed E-state index contributed by atoms with van der Waals surface area (Å²) >= 11 is 0. The topological polar surface area (TPSA) is 56.5 Å². The summed E-state index contributed by atoms with van der Waals surface area (Å²) in [4.78, 5) is 0. The highest BCUT2D eigenvalue weighted by Crippen LogP contribution is 2.35. The van der Waals surface area contributed by atoms with Gasteiger partial charge in [0.15, 0.2) is 11.5 Å². The van der Waals surface area contributed by atoms with Crippen molar-refractivity contribution in [3.05, 3.63) is 65.5 Å². The number of rotatable bonds is 7. The third kappa shape index (κ3) is 4.56. The molecule has 0 aliphatic carbocycles. The maximum absolute atomic E-state index is 5.46. The highest BCUT2D eigenvalue weighted by atomic mass is 35.5. The van der Waals surface area contributed by atoms with Gasteiger partial charge in [0.25, 0.3) is 0 Å². The Labute approximate surface area is 159 Å². The number of hydrogen-bond donors (Lipinski definition) is 1. The number of ether oxygens (including phenoxy) is 2. The summed E-state index contributed by atoms with van der Waals surface area (Å²) < 4.78 is 16.0. The van der Waals surface area contributed by atoms with Gasteiger partial charge in [-0.2, -0.15) is 0 Å². The predicted octanol–water partition coefficient (Wildman–Crippen LogP) is 4.38. The molecule has 2 aromatic carbocycles. The van der Waals surface area contributed by atoms with Crippen molar-refractivity contribution in [3.63, 3.8) is 0 Å². The Morgan fingerprint density at radius 2 is 1.65 bits per heavy atom. The van der Waals surface area contributed by atoms with E-state index >= 15 is 0 Å². The molecule has 138 valence electrons. The molecule has 6 heteroatoms. The largest absolute Gasteiger partial charge is 0.493 e. The molecule has 0 bridgehead atoms. The lowest BCUT2D eigenvalue weighted by Crippen LogP contribution is -2.14. The van der Waals surface area contributed by atoms with E-state index in [1.54, 1.807) is 14.2 Å². The van der Waals surface area contributed by atoms with Crippen LogP contribution in [0.15, 0.2) is 53.1 Å². The minimum absolute atomic E-state index is 0. The van der Waals surface area contributed by atoms with Crippen molar-refractivity contribution < 1.29 is 14.0 Å². The molecule has 0 saturated heterocycles. The third-order valence-corrected chi connectivity index (χ3v) is 3.99. The molecule has 0 aliphatic heterocycles. The first-order valence-corrected chi connectivity index (χ1v) is 8.14. The molecular formula is C20H23ClN2O3. The molecule has 0 aliphatic rings. The van der Waals surface area contributed by atoms with E-state index in [2.05, 4.69) is 22.6 Å². The van der Waals surface area contributed by atoms with E-state index in [-0.39, 0.29) is 12.4 Å². The predicted molar refractivity (Wildman–Crippen MR) is 104 cm³/mol. The molecule has 1 aromatic heterocycles. The van der Waals surface area contributed by atoms with Crippen molar-refractivity contribution in [2.24, 2.45) is 0 Å². The lowest BCUT2D eigenvalue weighted by molar-refractivity contribution is 0.354. The number of nitrogens with zero attached hydrogens (tertiary/aromatic N) is 1. The van der Waals surface area contributed by atoms with Crippen molar-refractivity contribution in [3.8, 4) is 22.6 Å². The van der Waals surface area contributed by atoms with Gasteiger partial charge >= 0.3 is 0 Å². The molecule has 3 aromatic rings. The van der Waals surface area contributed by atoms with Crippen LogP contribution in [0.2, 0.25) is 0 Å². The average molecular weight is 375 g/mol. The Morgan fingerprint density at radius 1 is 0.962 bits per heavy atom. The Kier molecular flexibility index (Phi) is 7.06. The van der Waals surface area contributed by atoms with Crippen LogP contribution in [-0.4, -0.2) is 19.4 Å². The minimum atomic E-state index is 0. The number of hydrogen-bond acceptors (Lipinski definition) is 5. The molecule has 0 spiro atoms. The minimum Gasteiger partial charge on any atom is -0.493 e. The van der Waals surface area contributed by atoms with Gasteiger partial charge in [-0.1, -0.05) is 35.5 Å². The molecule has 1 heterocycles. The fourth-order valence-electron chi connectivity index (χ4n) is 2.78. The van der Waals surface area contributed by atoms with E-state index in [4.69, 9.17) is 14.0 Å². The van der Waals surface area contributed by atoms with Gasteiger partial charge in [-0.15, -0.1) is 12.4 Å². The molecule has 0 saturated carbocycles. The second-order valence-corrected chi connectivity index (χ2v) is 5.76. The molecule has 1 N–H and O–H groups in total. The van der Waals surface area contributed by atoms with Crippen molar-refractivity contribution in [2.75, 3.05) is 14.2 Å². The Balaban J connectivity index is 0.00000243. The van der Waals surface area contributed by atoms with Gasteiger partial charge in [-0.3, -0.25) is 0 Å². The summed E-state index contributed by atoms with van der Waals surface area (Å²) in [6.45, 7) is 3.20. The van der Waals surface area contributed by atoms with Crippen molar-refractivity contribution in [1.29, 1.82) is 0 Å². The Hall–Kier alpha value is -2.50. The monoisotopic (exact) mass is 374 g/mol. The van der Waals surface area contributed by atoms with Gasteiger partial charge in [0, 0.05) is 19.2 Å². The Bertz CT molecular complexity index is 834. The van der Waals surface area contributed by atoms with Crippen molar-refractivity contribution in [2.45, 2.75) is 20.0 Å². The number of aromatic nitrogens is 1. The molecule has 0 unspecified atom stereocenters. The van der Waals surface area contributed by atoms with Gasteiger partial charge in [-0.05, 0) is 35.7 Å². The van der Waals surface area contributed by atoms with Crippen LogP contribution in [0.3, 0.4) is 0 Å². The normalized spacial score (nSPS) is 10.3. The fourth-order valence-corrected chi connectivity index (χ4v) is 2.78. The zero-order chi connectivity index (χ0) is 17.6. The van der Waals surface area contributed by atoms with E-state index in [1.807, 2.05) is 43.3 Å². The number of nitrogens with one attached hydrogen (secondary N) is 1. The van der Waals surface area contributed by atoms with Crippen LogP contribution in [0.1, 0.15) is 17.0 Å². The number of halogens is 1. The molecule has 3 rings (SSSR count).